The van der Waals surface area contributed by atoms with Gasteiger partial charge in [-0.25, -0.2) is 4.98 Å². The van der Waals surface area contributed by atoms with Crippen LogP contribution in [0, 0.1) is 0 Å². The number of ether oxygens (including phenoxy) is 1. The minimum atomic E-state index is -0.0235. The number of benzene rings is 1. The minimum absolute atomic E-state index is 0.0235. The second-order valence-corrected chi connectivity index (χ2v) is 5.85. The van der Waals surface area contributed by atoms with E-state index in [1.54, 1.807) is 7.11 Å². The van der Waals surface area contributed by atoms with Crippen molar-refractivity contribution in [1.29, 1.82) is 0 Å². The maximum Gasteiger partial charge on any atom is 0.272 e. The Morgan fingerprint density at radius 1 is 1.32 bits per heavy atom. The summed E-state index contributed by atoms with van der Waals surface area (Å²) in [5.41, 5.74) is 0.451. The molecule has 22 heavy (non-hydrogen) atoms. The molecule has 5 heteroatoms. The number of methoxy groups -OCH3 is 1. The SMILES string of the molecule is COc1nc(C(=O)N2CCN(C)C[C@H]2C)cc2ccccc12. The summed E-state index contributed by atoms with van der Waals surface area (Å²) in [6, 6.07) is 9.86. The van der Waals surface area contributed by atoms with Crippen LogP contribution >= 0.6 is 0 Å². The average Bonchev–Trinajstić information content (AvgIpc) is 2.53. The average molecular weight is 299 g/mol. The Morgan fingerprint density at radius 2 is 2.09 bits per heavy atom. The van der Waals surface area contributed by atoms with E-state index in [1.165, 1.54) is 0 Å². The van der Waals surface area contributed by atoms with Gasteiger partial charge in [0.25, 0.3) is 5.91 Å². The summed E-state index contributed by atoms with van der Waals surface area (Å²) in [4.78, 5) is 21.4. The van der Waals surface area contributed by atoms with Gasteiger partial charge >= 0.3 is 0 Å². The molecule has 1 fully saturated rings. The number of carbonyl (C=O) groups is 1. The molecule has 0 bridgehead atoms. The maximum atomic E-state index is 12.8. The Labute approximate surface area is 130 Å². The highest BCUT2D eigenvalue weighted by molar-refractivity contribution is 5.98. The molecule has 1 amide bonds. The highest BCUT2D eigenvalue weighted by Crippen LogP contribution is 2.25. The number of likely N-dealkylation sites (N-methyl/N-ethyl adjacent to an activating group) is 1. The van der Waals surface area contributed by atoms with Gasteiger partial charge in [0.05, 0.1) is 7.11 Å². The van der Waals surface area contributed by atoms with Crippen molar-refractivity contribution in [2.75, 3.05) is 33.8 Å². The van der Waals surface area contributed by atoms with E-state index in [0.29, 0.717) is 11.6 Å². The molecule has 116 valence electrons. The molecule has 1 aliphatic heterocycles. The van der Waals surface area contributed by atoms with Crippen LogP contribution < -0.4 is 4.74 Å². The lowest BCUT2D eigenvalue weighted by Crippen LogP contribution is -2.52. The first kappa shape index (κ1) is 14.8. The van der Waals surface area contributed by atoms with Crippen molar-refractivity contribution >= 4 is 16.7 Å². The number of aromatic nitrogens is 1. The largest absolute Gasteiger partial charge is 0.481 e. The van der Waals surface area contributed by atoms with Crippen molar-refractivity contribution in [3.63, 3.8) is 0 Å². The molecule has 0 saturated carbocycles. The van der Waals surface area contributed by atoms with Crippen LogP contribution in [-0.2, 0) is 0 Å². The zero-order valence-electron chi connectivity index (χ0n) is 13.2. The number of rotatable bonds is 2. The minimum Gasteiger partial charge on any atom is -0.481 e. The first-order chi connectivity index (χ1) is 10.6. The molecule has 0 aliphatic carbocycles. The number of nitrogens with zero attached hydrogens (tertiary/aromatic N) is 3. The van der Waals surface area contributed by atoms with E-state index in [0.717, 1.165) is 30.4 Å². The van der Waals surface area contributed by atoms with Crippen LogP contribution in [0.2, 0.25) is 0 Å². The first-order valence-corrected chi connectivity index (χ1v) is 7.53. The number of piperazine rings is 1. The van der Waals surface area contributed by atoms with Gasteiger partial charge in [0.1, 0.15) is 5.69 Å². The summed E-state index contributed by atoms with van der Waals surface area (Å²) in [5, 5.41) is 1.90. The highest BCUT2D eigenvalue weighted by Gasteiger charge is 2.27. The summed E-state index contributed by atoms with van der Waals surface area (Å²) >= 11 is 0. The molecule has 2 aromatic rings. The monoisotopic (exact) mass is 299 g/mol. The molecule has 5 nitrogen and oxygen atoms in total. The van der Waals surface area contributed by atoms with Crippen molar-refractivity contribution in [2.24, 2.45) is 0 Å². The number of hydrogen-bond donors (Lipinski definition) is 0. The summed E-state index contributed by atoms with van der Waals surface area (Å²) in [7, 11) is 3.66. The van der Waals surface area contributed by atoms with E-state index in [4.69, 9.17) is 4.74 Å². The fraction of sp³-hybridized carbons (Fsp3) is 0.412. The molecule has 2 heterocycles. The molecule has 0 N–H and O–H groups in total. The van der Waals surface area contributed by atoms with Gasteiger partial charge in [-0.05, 0) is 31.5 Å². The third-order valence-electron chi connectivity index (χ3n) is 4.21. The van der Waals surface area contributed by atoms with E-state index >= 15 is 0 Å². The molecule has 1 atom stereocenters. The van der Waals surface area contributed by atoms with E-state index in [-0.39, 0.29) is 11.9 Å². The van der Waals surface area contributed by atoms with Crippen molar-refractivity contribution in [3.8, 4) is 5.88 Å². The Bertz CT molecular complexity index is 701. The van der Waals surface area contributed by atoms with Gasteiger partial charge in [0, 0.05) is 31.1 Å². The predicted molar refractivity (Wildman–Crippen MR) is 86.3 cm³/mol. The fourth-order valence-corrected chi connectivity index (χ4v) is 3.02. The van der Waals surface area contributed by atoms with E-state index in [2.05, 4.69) is 23.9 Å². The molecule has 3 rings (SSSR count). The van der Waals surface area contributed by atoms with Crippen LogP contribution in [0.25, 0.3) is 10.8 Å². The van der Waals surface area contributed by atoms with Crippen molar-refractivity contribution in [2.45, 2.75) is 13.0 Å². The number of hydrogen-bond acceptors (Lipinski definition) is 4. The molecule has 0 unspecified atom stereocenters. The number of amides is 1. The topological polar surface area (TPSA) is 45.7 Å². The highest BCUT2D eigenvalue weighted by atomic mass is 16.5. The summed E-state index contributed by atoms with van der Waals surface area (Å²) in [6.45, 7) is 4.58. The van der Waals surface area contributed by atoms with Gasteiger partial charge in [-0.3, -0.25) is 4.79 Å². The van der Waals surface area contributed by atoms with E-state index in [9.17, 15) is 4.79 Å². The second kappa shape index (κ2) is 5.93. The van der Waals surface area contributed by atoms with Gasteiger partial charge in [-0.15, -0.1) is 0 Å². The lowest BCUT2D eigenvalue weighted by atomic mass is 10.1. The van der Waals surface area contributed by atoms with Gasteiger partial charge in [0.15, 0.2) is 0 Å². The van der Waals surface area contributed by atoms with Crippen LogP contribution in [0.15, 0.2) is 30.3 Å². The lowest BCUT2D eigenvalue weighted by molar-refractivity contribution is 0.0527. The van der Waals surface area contributed by atoms with Crippen molar-refractivity contribution < 1.29 is 9.53 Å². The smallest absolute Gasteiger partial charge is 0.272 e. The third kappa shape index (κ3) is 2.64. The molecule has 0 radical (unpaired) electrons. The molecule has 1 aromatic heterocycles. The fourth-order valence-electron chi connectivity index (χ4n) is 3.02. The van der Waals surface area contributed by atoms with E-state index in [1.807, 2.05) is 35.2 Å². The third-order valence-corrected chi connectivity index (χ3v) is 4.21. The number of pyridine rings is 1. The van der Waals surface area contributed by atoms with E-state index < -0.39 is 0 Å². The molecule has 1 saturated heterocycles. The Kier molecular flexibility index (Phi) is 3.98. The van der Waals surface area contributed by atoms with Crippen molar-refractivity contribution in [1.82, 2.24) is 14.8 Å². The summed E-state index contributed by atoms with van der Waals surface area (Å²) < 4.78 is 5.36. The summed E-state index contributed by atoms with van der Waals surface area (Å²) in [5.74, 6) is 0.480. The van der Waals surface area contributed by atoms with Gasteiger partial charge in [0.2, 0.25) is 5.88 Å². The Hall–Kier alpha value is -2.14. The van der Waals surface area contributed by atoms with Crippen LogP contribution in [0.4, 0.5) is 0 Å². The zero-order chi connectivity index (χ0) is 15.7. The molecule has 1 aromatic carbocycles. The number of carbonyl (C=O) groups excluding carboxylic acids is 1. The quantitative estimate of drug-likeness (QED) is 0.851. The van der Waals surface area contributed by atoms with Gasteiger partial charge < -0.3 is 14.5 Å². The lowest BCUT2D eigenvalue weighted by Gasteiger charge is -2.38. The molecule has 1 aliphatic rings. The van der Waals surface area contributed by atoms with Gasteiger partial charge in [-0.2, -0.15) is 0 Å². The Balaban J connectivity index is 1.97. The van der Waals surface area contributed by atoms with Crippen LogP contribution in [0.1, 0.15) is 17.4 Å². The van der Waals surface area contributed by atoms with Crippen LogP contribution in [0.5, 0.6) is 5.88 Å². The van der Waals surface area contributed by atoms with Crippen LogP contribution in [-0.4, -0.2) is 60.5 Å². The molecular weight excluding hydrogens is 278 g/mol. The maximum absolute atomic E-state index is 12.8. The normalized spacial score (nSPS) is 19.4. The molecule has 0 spiro atoms. The van der Waals surface area contributed by atoms with Gasteiger partial charge in [-0.1, -0.05) is 18.2 Å². The molecular formula is C17H21N3O2. The number of fused-ring (bicyclic) bond motifs is 1. The van der Waals surface area contributed by atoms with Crippen molar-refractivity contribution in [3.05, 3.63) is 36.0 Å². The Morgan fingerprint density at radius 3 is 2.82 bits per heavy atom. The second-order valence-electron chi connectivity index (χ2n) is 5.85. The zero-order valence-corrected chi connectivity index (χ0v) is 13.2. The predicted octanol–water partition coefficient (Wildman–Crippen LogP) is 2.02. The standard InChI is InChI=1S/C17H21N3O2/c1-12-11-19(2)8-9-20(12)17(21)15-10-13-6-4-5-7-14(13)16(18-15)22-3/h4-7,10,12H,8-9,11H2,1-3H3/t12-/m1/s1. The van der Waals surface area contributed by atoms with Crippen LogP contribution in [0.3, 0.4) is 0 Å². The summed E-state index contributed by atoms with van der Waals surface area (Å²) in [6.07, 6.45) is 0. The first-order valence-electron chi connectivity index (χ1n) is 7.53.